The van der Waals surface area contributed by atoms with E-state index in [4.69, 9.17) is 9.47 Å². The van der Waals surface area contributed by atoms with Gasteiger partial charge < -0.3 is 25.4 Å². The number of fused-ring (bicyclic) bond motifs is 1. The Hall–Kier alpha value is -4.66. The first-order chi connectivity index (χ1) is 16.9. The number of aromatic nitrogens is 1. The molecule has 4 rings (SSSR count). The Morgan fingerprint density at radius 3 is 2.20 bits per heavy atom. The molecule has 0 aliphatic rings. The molecule has 0 radical (unpaired) electrons. The lowest BCUT2D eigenvalue weighted by atomic mass is 10.1. The lowest BCUT2D eigenvalue weighted by Crippen LogP contribution is -2.19. The molecule has 0 spiro atoms. The van der Waals surface area contributed by atoms with Crippen molar-refractivity contribution in [1.82, 2.24) is 10.3 Å². The highest BCUT2D eigenvalue weighted by Crippen LogP contribution is 2.33. The number of methoxy groups -OCH3 is 1. The second-order valence-corrected chi connectivity index (χ2v) is 7.61. The molecule has 0 aliphatic heterocycles. The Balaban J connectivity index is 1.47. The molecule has 0 bridgehead atoms. The van der Waals surface area contributed by atoms with Crippen molar-refractivity contribution in [3.8, 4) is 17.2 Å². The van der Waals surface area contributed by atoms with Crippen LogP contribution in [0.5, 0.6) is 17.2 Å². The average Bonchev–Trinajstić information content (AvgIpc) is 2.85. The minimum atomic E-state index is -0.451. The number of ether oxygens (including phenoxy) is 2. The predicted octanol–water partition coefficient (Wildman–Crippen LogP) is 5.45. The largest absolute Gasteiger partial charge is 0.496 e. The smallest absolute Gasteiger partial charge is 0.323 e. The van der Waals surface area contributed by atoms with Crippen molar-refractivity contribution in [2.75, 3.05) is 17.7 Å². The molecule has 0 unspecified atom stereocenters. The van der Waals surface area contributed by atoms with Gasteiger partial charge in [-0.1, -0.05) is 0 Å². The van der Waals surface area contributed by atoms with Gasteiger partial charge in [0.15, 0.2) is 0 Å². The molecule has 35 heavy (non-hydrogen) atoms. The molecule has 0 saturated carbocycles. The summed E-state index contributed by atoms with van der Waals surface area (Å²) in [6.07, 6.45) is 1.64. The zero-order valence-electron chi connectivity index (χ0n) is 19.1. The molecule has 3 N–H and O–H groups in total. The summed E-state index contributed by atoms with van der Waals surface area (Å²) in [7, 11) is 1.56. The highest BCUT2D eigenvalue weighted by molar-refractivity contribution is 5.99. The summed E-state index contributed by atoms with van der Waals surface area (Å²) in [6.45, 7) is 1.78. The molecule has 4 aromatic rings. The van der Waals surface area contributed by atoms with Gasteiger partial charge in [-0.15, -0.1) is 0 Å². The second-order valence-electron chi connectivity index (χ2n) is 7.61. The maximum atomic E-state index is 13.0. The molecule has 178 valence electrons. The van der Waals surface area contributed by atoms with E-state index in [9.17, 15) is 14.0 Å². The predicted molar refractivity (Wildman–Crippen MR) is 131 cm³/mol. The maximum absolute atomic E-state index is 13.0. The normalized spacial score (nSPS) is 10.5. The van der Waals surface area contributed by atoms with E-state index >= 15 is 0 Å². The Morgan fingerprint density at radius 1 is 0.914 bits per heavy atom. The minimum absolute atomic E-state index is 0.136. The van der Waals surface area contributed by atoms with Crippen molar-refractivity contribution >= 4 is 34.2 Å². The van der Waals surface area contributed by atoms with Gasteiger partial charge >= 0.3 is 6.03 Å². The Labute approximate surface area is 201 Å². The van der Waals surface area contributed by atoms with Crippen molar-refractivity contribution < 1.29 is 23.5 Å². The molecule has 1 aromatic heterocycles. The van der Waals surface area contributed by atoms with Gasteiger partial charge in [-0.05, 0) is 66.7 Å². The number of nitrogens with one attached hydrogen (secondary N) is 3. The highest BCUT2D eigenvalue weighted by atomic mass is 19.1. The molecular formula is C26H23FN4O4. The van der Waals surface area contributed by atoms with Crippen LogP contribution in [0.4, 0.5) is 20.6 Å². The first-order valence-corrected chi connectivity index (χ1v) is 10.7. The SMILES string of the molecule is COc1cc2c(Oc3ccc(NC(=O)Nc4ccc(F)cc4)cc3)ccnc2cc1CNC(C)=O. The van der Waals surface area contributed by atoms with Crippen LogP contribution < -0.4 is 25.4 Å². The fourth-order valence-corrected chi connectivity index (χ4v) is 3.39. The molecule has 9 heteroatoms. The number of halogens is 1. The van der Waals surface area contributed by atoms with Crippen LogP contribution in [-0.2, 0) is 11.3 Å². The number of carbonyl (C=O) groups excluding carboxylic acids is 2. The van der Waals surface area contributed by atoms with E-state index in [2.05, 4.69) is 20.9 Å². The highest BCUT2D eigenvalue weighted by Gasteiger charge is 2.12. The first-order valence-electron chi connectivity index (χ1n) is 10.7. The van der Waals surface area contributed by atoms with Crippen LogP contribution in [0, 0.1) is 5.82 Å². The lowest BCUT2D eigenvalue weighted by Gasteiger charge is -2.14. The Kier molecular flexibility index (Phi) is 7.06. The third-order valence-corrected chi connectivity index (χ3v) is 5.07. The number of anilines is 2. The van der Waals surface area contributed by atoms with E-state index in [1.54, 1.807) is 43.6 Å². The molecule has 0 atom stereocenters. The second kappa shape index (κ2) is 10.5. The van der Waals surface area contributed by atoms with Crippen molar-refractivity contribution in [1.29, 1.82) is 0 Å². The number of nitrogens with zero attached hydrogens (tertiary/aromatic N) is 1. The fraction of sp³-hybridized carbons (Fsp3) is 0.115. The van der Waals surface area contributed by atoms with Crippen LogP contribution in [0.3, 0.4) is 0 Å². The minimum Gasteiger partial charge on any atom is -0.496 e. The van der Waals surface area contributed by atoms with Crippen LogP contribution in [-0.4, -0.2) is 24.0 Å². The number of hydrogen-bond acceptors (Lipinski definition) is 5. The van der Waals surface area contributed by atoms with E-state index in [1.165, 1.54) is 31.2 Å². The number of pyridine rings is 1. The third kappa shape index (κ3) is 6.02. The zero-order chi connectivity index (χ0) is 24.8. The number of hydrogen-bond donors (Lipinski definition) is 3. The van der Waals surface area contributed by atoms with Gasteiger partial charge in [0.05, 0.1) is 12.6 Å². The monoisotopic (exact) mass is 474 g/mol. The fourth-order valence-electron chi connectivity index (χ4n) is 3.39. The third-order valence-electron chi connectivity index (χ3n) is 5.07. The Bertz CT molecular complexity index is 1360. The number of rotatable bonds is 7. The molecular weight excluding hydrogens is 451 g/mol. The van der Waals surface area contributed by atoms with E-state index in [1.807, 2.05) is 12.1 Å². The van der Waals surface area contributed by atoms with Crippen LogP contribution in [0.2, 0.25) is 0 Å². The standard InChI is InChI=1S/C26H23FN4O4/c1-16(32)29-15-17-13-23-22(14-25(17)34-2)24(11-12-28-23)35-21-9-7-20(8-10-21)31-26(33)30-19-5-3-18(27)4-6-19/h3-14H,15H2,1-2H3,(H,29,32)(H2,30,31,33). The van der Waals surface area contributed by atoms with Crippen LogP contribution in [0.1, 0.15) is 12.5 Å². The van der Waals surface area contributed by atoms with E-state index < -0.39 is 6.03 Å². The zero-order valence-corrected chi connectivity index (χ0v) is 19.1. The molecule has 0 aliphatic carbocycles. The summed E-state index contributed by atoms with van der Waals surface area (Å²) in [5.74, 6) is 1.23. The lowest BCUT2D eigenvalue weighted by molar-refractivity contribution is -0.119. The summed E-state index contributed by atoms with van der Waals surface area (Å²) in [4.78, 5) is 27.9. The van der Waals surface area contributed by atoms with Gasteiger partial charge in [0, 0.05) is 42.0 Å². The van der Waals surface area contributed by atoms with Gasteiger partial charge in [-0.3, -0.25) is 9.78 Å². The van der Waals surface area contributed by atoms with Gasteiger partial charge in [0.2, 0.25) is 5.91 Å². The van der Waals surface area contributed by atoms with Gasteiger partial charge in [-0.2, -0.15) is 0 Å². The van der Waals surface area contributed by atoms with E-state index in [0.29, 0.717) is 40.7 Å². The van der Waals surface area contributed by atoms with Crippen molar-refractivity contribution in [3.05, 3.63) is 84.3 Å². The average molecular weight is 474 g/mol. The van der Waals surface area contributed by atoms with Crippen LogP contribution in [0.25, 0.3) is 10.9 Å². The molecule has 1 heterocycles. The van der Waals surface area contributed by atoms with Gasteiger partial charge in [-0.25, -0.2) is 9.18 Å². The number of carbonyl (C=O) groups is 2. The van der Waals surface area contributed by atoms with Gasteiger partial charge in [0.1, 0.15) is 23.1 Å². The van der Waals surface area contributed by atoms with E-state index in [-0.39, 0.29) is 11.7 Å². The quantitative estimate of drug-likeness (QED) is 0.330. The first kappa shape index (κ1) is 23.5. The van der Waals surface area contributed by atoms with Crippen LogP contribution in [0.15, 0.2) is 72.9 Å². The molecule has 8 nitrogen and oxygen atoms in total. The van der Waals surface area contributed by atoms with Gasteiger partial charge in [0.25, 0.3) is 0 Å². The van der Waals surface area contributed by atoms with E-state index in [0.717, 1.165) is 10.9 Å². The summed E-state index contributed by atoms with van der Waals surface area (Å²) in [6, 6.07) is 17.3. The molecule has 0 fully saturated rings. The van der Waals surface area contributed by atoms with Crippen molar-refractivity contribution in [2.24, 2.45) is 0 Å². The molecule has 0 saturated heterocycles. The number of benzene rings is 3. The summed E-state index contributed by atoms with van der Waals surface area (Å²) in [5, 5.41) is 8.85. The van der Waals surface area contributed by atoms with Crippen LogP contribution >= 0.6 is 0 Å². The van der Waals surface area contributed by atoms with Crippen molar-refractivity contribution in [3.63, 3.8) is 0 Å². The molecule has 3 amide bonds. The topological polar surface area (TPSA) is 102 Å². The van der Waals surface area contributed by atoms with Crippen molar-refractivity contribution in [2.45, 2.75) is 13.5 Å². The Morgan fingerprint density at radius 2 is 1.57 bits per heavy atom. The molecule has 3 aromatic carbocycles. The summed E-state index contributed by atoms with van der Waals surface area (Å²) in [5.41, 5.74) is 2.53. The number of urea groups is 1. The summed E-state index contributed by atoms with van der Waals surface area (Å²) >= 11 is 0. The maximum Gasteiger partial charge on any atom is 0.323 e. The number of amides is 3. The summed E-state index contributed by atoms with van der Waals surface area (Å²) < 4.78 is 24.6.